The standard InChI is InChI=1S/C36H48BrN7O7/c1-50-39-33(46)24-40-18-20-41(21-19-40)27-9-13-42(14-10-27)34(47)32(23-25-6-7-31(45)29(37)22-25)51-36(49)43-15-11-28(12-16-43)44-17-8-26-4-2-3-5-30(26)38-35(44)48/h2-7,22,27-28,32,45H,8-21,23-24H2,1H3,(H,38,48)(H,39,46). The van der Waals surface area contributed by atoms with Gasteiger partial charge >= 0.3 is 12.1 Å². The number of rotatable bonds is 9. The maximum atomic E-state index is 14.0. The Kier molecular flexibility index (Phi) is 12.3. The number of carbonyl (C=O) groups is 4. The van der Waals surface area contributed by atoms with E-state index in [1.165, 1.54) is 7.11 Å². The minimum absolute atomic E-state index is 0.00503. The number of piperidine rings is 2. The molecule has 1 unspecified atom stereocenters. The molecule has 0 spiro atoms. The van der Waals surface area contributed by atoms with Crippen LogP contribution in [0.15, 0.2) is 46.9 Å². The number of aromatic hydroxyl groups is 1. The fraction of sp³-hybridized carbons (Fsp3) is 0.556. The Balaban J connectivity index is 1.03. The van der Waals surface area contributed by atoms with E-state index in [1.54, 1.807) is 28.0 Å². The molecular weight excluding hydrogens is 722 g/mol. The molecule has 276 valence electrons. The minimum Gasteiger partial charge on any atom is -0.507 e. The predicted octanol–water partition coefficient (Wildman–Crippen LogP) is 3.04. The van der Waals surface area contributed by atoms with Gasteiger partial charge in [-0.1, -0.05) is 24.3 Å². The first-order valence-electron chi connectivity index (χ1n) is 17.8. The van der Waals surface area contributed by atoms with Gasteiger partial charge in [0.2, 0.25) is 0 Å². The third kappa shape index (κ3) is 9.31. The number of nitrogens with zero attached hydrogens (tertiary/aromatic N) is 5. The van der Waals surface area contributed by atoms with Crippen molar-refractivity contribution in [2.75, 3.05) is 77.9 Å². The van der Waals surface area contributed by atoms with E-state index >= 15 is 0 Å². The molecule has 0 aliphatic carbocycles. The third-order valence-electron chi connectivity index (χ3n) is 10.5. The summed E-state index contributed by atoms with van der Waals surface area (Å²) in [6.45, 7) is 6.13. The number of nitrogens with one attached hydrogen (secondary N) is 2. The maximum Gasteiger partial charge on any atom is 0.410 e. The van der Waals surface area contributed by atoms with Crippen LogP contribution in [0, 0.1) is 0 Å². The molecule has 0 saturated carbocycles. The number of para-hydroxylation sites is 1. The van der Waals surface area contributed by atoms with Gasteiger partial charge < -0.3 is 29.9 Å². The van der Waals surface area contributed by atoms with Crippen LogP contribution in [-0.2, 0) is 32.0 Å². The number of ether oxygens (including phenoxy) is 1. The lowest BCUT2D eigenvalue weighted by Gasteiger charge is -2.43. The van der Waals surface area contributed by atoms with Gasteiger partial charge in [0, 0.05) is 83.1 Å². The number of amides is 5. The van der Waals surface area contributed by atoms with Gasteiger partial charge in [0.25, 0.3) is 11.8 Å². The first-order valence-corrected chi connectivity index (χ1v) is 18.6. The van der Waals surface area contributed by atoms with E-state index in [4.69, 9.17) is 9.57 Å². The second-order valence-electron chi connectivity index (χ2n) is 13.7. The van der Waals surface area contributed by atoms with Crippen LogP contribution in [0.1, 0.15) is 36.8 Å². The summed E-state index contributed by atoms with van der Waals surface area (Å²) in [5.74, 6) is -0.300. The number of hydrogen-bond acceptors (Lipinski definition) is 9. The number of phenolic OH excluding ortho intramolecular Hbond substituents is 1. The van der Waals surface area contributed by atoms with E-state index in [0.29, 0.717) is 62.6 Å². The fourth-order valence-corrected chi connectivity index (χ4v) is 8.08. The highest BCUT2D eigenvalue weighted by atomic mass is 79.9. The number of anilines is 1. The van der Waals surface area contributed by atoms with E-state index in [-0.39, 0.29) is 36.1 Å². The SMILES string of the molecule is CONC(=O)CN1CCN(C2CCN(C(=O)C(Cc3ccc(O)c(Br)c3)OC(=O)N3CCC(N4CCc5ccccc5NC4=O)CC3)CC2)CC1. The summed E-state index contributed by atoms with van der Waals surface area (Å²) in [7, 11) is 1.43. The van der Waals surface area contributed by atoms with E-state index in [0.717, 1.165) is 62.3 Å². The lowest BCUT2D eigenvalue weighted by atomic mass is 10.0. The van der Waals surface area contributed by atoms with Crippen molar-refractivity contribution in [1.29, 1.82) is 0 Å². The molecule has 1 atom stereocenters. The van der Waals surface area contributed by atoms with Gasteiger partial charge in [-0.05, 0) is 77.4 Å². The van der Waals surface area contributed by atoms with Crippen LogP contribution in [0.25, 0.3) is 0 Å². The van der Waals surface area contributed by atoms with Crippen molar-refractivity contribution < 1.29 is 33.9 Å². The van der Waals surface area contributed by atoms with Crippen molar-refractivity contribution in [3.8, 4) is 5.75 Å². The quantitative estimate of drug-likeness (QED) is 0.328. The summed E-state index contributed by atoms with van der Waals surface area (Å²) in [6, 6.07) is 13.1. The first kappa shape index (κ1) is 36.9. The fourth-order valence-electron chi connectivity index (χ4n) is 7.66. The zero-order chi connectivity index (χ0) is 35.9. The Hall–Kier alpha value is -3.92. The summed E-state index contributed by atoms with van der Waals surface area (Å²) >= 11 is 3.36. The van der Waals surface area contributed by atoms with Crippen LogP contribution in [0.5, 0.6) is 5.75 Å². The molecule has 2 aromatic carbocycles. The molecule has 14 nitrogen and oxygen atoms in total. The number of likely N-dealkylation sites (tertiary alicyclic amines) is 2. The molecule has 4 aliphatic heterocycles. The molecule has 4 aliphatic rings. The smallest absolute Gasteiger partial charge is 0.410 e. The molecule has 3 N–H and O–H groups in total. The van der Waals surface area contributed by atoms with Crippen LogP contribution in [0.2, 0.25) is 0 Å². The summed E-state index contributed by atoms with van der Waals surface area (Å²) in [6.07, 6.45) is 2.22. The largest absolute Gasteiger partial charge is 0.507 e. The molecule has 5 amide bonds. The second kappa shape index (κ2) is 17.1. The van der Waals surface area contributed by atoms with Crippen LogP contribution in [0.3, 0.4) is 0 Å². The average Bonchev–Trinajstić information content (AvgIpc) is 3.31. The van der Waals surface area contributed by atoms with Gasteiger partial charge in [-0.15, -0.1) is 0 Å². The molecule has 0 aromatic heterocycles. The molecule has 4 heterocycles. The van der Waals surface area contributed by atoms with Crippen molar-refractivity contribution in [3.63, 3.8) is 0 Å². The monoisotopic (exact) mass is 769 g/mol. The molecular formula is C36H48BrN7O7. The first-order chi connectivity index (χ1) is 24.7. The zero-order valence-corrected chi connectivity index (χ0v) is 30.7. The number of phenols is 1. The maximum absolute atomic E-state index is 14.0. The highest BCUT2D eigenvalue weighted by molar-refractivity contribution is 9.10. The number of hydroxylamine groups is 1. The molecule has 0 radical (unpaired) electrons. The number of piperazine rings is 1. The number of urea groups is 1. The topological polar surface area (TPSA) is 147 Å². The van der Waals surface area contributed by atoms with Crippen LogP contribution in [-0.4, -0.2) is 144 Å². The van der Waals surface area contributed by atoms with Crippen LogP contribution < -0.4 is 10.8 Å². The number of halogens is 1. The summed E-state index contributed by atoms with van der Waals surface area (Å²) in [4.78, 5) is 67.2. The second-order valence-corrected chi connectivity index (χ2v) is 14.6. The highest BCUT2D eigenvalue weighted by Crippen LogP contribution is 2.28. The van der Waals surface area contributed by atoms with Gasteiger partial charge in [-0.2, -0.15) is 0 Å². The van der Waals surface area contributed by atoms with Crippen molar-refractivity contribution in [2.24, 2.45) is 0 Å². The number of fused-ring (bicyclic) bond motifs is 1. The molecule has 0 bridgehead atoms. The third-order valence-corrected chi connectivity index (χ3v) is 11.2. The number of carbonyl (C=O) groups excluding carboxylic acids is 4. The molecule has 2 aromatic rings. The van der Waals surface area contributed by atoms with Crippen molar-refractivity contribution >= 4 is 45.6 Å². The van der Waals surface area contributed by atoms with E-state index in [2.05, 4.69) is 36.5 Å². The normalized spacial score (nSPS) is 20.3. The molecule has 15 heteroatoms. The lowest BCUT2D eigenvalue weighted by molar-refractivity contribution is -0.142. The van der Waals surface area contributed by atoms with E-state index in [9.17, 15) is 24.3 Å². The minimum atomic E-state index is -1.03. The molecule has 3 saturated heterocycles. The molecule has 3 fully saturated rings. The lowest BCUT2D eigenvalue weighted by Crippen LogP contribution is -2.56. The van der Waals surface area contributed by atoms with Gasteiger partial charge in [-0.3, -0.25) is 24.2 Å². The van der Waals surface area contributed by atoms with E-state index < -0.39 is 12.2 Å². The van der Waals surface area contributed by atoms with Crippen molar-refractivity contribution in [3.05, 3.63) is 58.1 Å². The Labute approximate surface area is 307 Å². The Bertz CT molecular complexity index is 1560. The van der Waals surface area contributed by atoms with Crippen molar-refractivity contribution in [2.45, 2.75) is 56.7 Å². The van der Waals surface area contributed by atoms with Gasteiger partial charge in [0.15, 0.2) is 6.10 Å². The predicted molar refractivity (Wildman–Crippen MR) is 193 cm³/mol. The Morgan fingerprint density at radius 1 is 0.922 bits per heavy atom. The zero-order valence-electron chi connectivity index (χ0n) is 29.1. The van der Waals surface area contributed by atoms with E-state index in [1.807, 2.05) is 29.2 Å². The Morgan fingerprint density at radius 3 is 2.31 bits per heavy atom. The number of hydrogen-bond donors (Lipinski definition) is 3. The average molecular weight is 771 g/mol. The van der Waals surface area contributed by atoms with Gasteiger partial charge in [-0.25, -0.2) is 15.1 Å². The Morgan fingerprint density at radius 2 is 1.61 bits per heavy atom. The van der Waals surface area contributed by atoms with Gasteiger partial charge in [0.05, 0.1) is 18.1 Å². The summed E-state index contributed by atoms with van der Waals surface area (Å²) in [5.41, 5.74) is 5.08. The van der Waals surface area contributed by atoms with Gasteiger partial charge in [0.1, 0.15) is 5.75 Å². The highest BCUT2D eigenvalue weighted by Gasteiger charge is 2.36. The molecule has 51 heavy (non-hydrogen) atoms. The summed E-state index contributed by atoms with van der Waals surface area (Å²) < 4.78 is 6.52. The number of benzene rings is 2. The summed E-state index contributed by atoms with van der Waals surface area (Å²) in [5, 5.41) is 13.1. The molecule has 6 rings (SSSR count). The van der Waals surface area contributed by atoms with Crippen LogP contribution >= 0.6 is 15.9 Å². The van der Waals surface area contributed by atoms with Crippen molar-refractivity contribution in [1.82, 2.24) is 30.0 Å². The van der Waals surface area contributed by atoms with Crippen LogP contribution in [0.4, 0.5) is 15.3 Å².